The molecule has 6 fully saturated rings. The van der Waals surface area contributed by atoms with Crippen LogP contribution in [0, 0.1) is 22.7 Å². The molecule has 704 valence electrons. The summed E-state index contributed by atoms with van der Waals surface area (Å²) in [5.41, 5.74) is 13.5. The highest BCUT2D eigenvalue weighted by atomic mass is 16.3. The number of aliphatic imine (C=N–C) groups is 12. The third kappa shape index (κ3) is 27.2. The molecule has 0 aromatic heterocycles. The molecule has 0 radical (unpaired) electrons. The summed E-state index contributed by atoms with van der Waals surface area (Å²) in [5.74, 6) is 0.976. The summed E-state index contributed by atoms with van der Waals surface area (Å²) in [4.78, 5) is 61.6. The van der Waals surface area contributed by atoms with Crippen LogP contribution in [0.3, 0.4) is 0 Å². The summed E-state index contributed by atoms with van der Waals surface area (Å²) in [6.45, 7) is 42.1. The molecule has 6 N–H and O–H groups in total. The van der Waals surface area contributed by atoms with E-state index in [1.807, 2.05) is 147 Å². The van der Waals surface area contributed by atoms with E-state index in [2.05, 4.69) is 125 Å². The normalized spacial score (nSPS) is 23.9. The average molecular weight is 1790 g/mol. The lowest BCUT2D eigenvalue weighted by Crippen LogP contribution is -2.27. The molecular weight excluding hydrogens is 1640 g/mol. The lowest BCUT2D eigenvalue weighted by atomic mass is 9.84. The number of phenols is 6. The SMILES string of the molecule is CC#N.CC#N.CC(C)(C)c1cc2c(O)c(c1)C=N[C@@H]1CCCC[C@H]1N=Cc1cc(C(C)(C)C)cc(c1O)C=N[C@@H]1CCCC[C@H]1N=Cc1cc(C(C)(C)C)cc(c1O)C=N[C@@H]1CCCC[C@H]1N=C2.CC(C)(C)c1cc2c(O)c(c1)C=N[C@@H]1CCCC[C@H]1N=Cc1cc(C(C)(C)C)cc(c1O)C=N[C@@H]1CCCC[C@H]1N=Cc1cc(C(C)(C)C)cc(c1O)C=N[C@@H]1CCCC[C@H]1N=C2. The second-order valence-corrected chi connectivity index (χ2v) is 43.8. The lowest BCUT2D eigenvalue weighted by molar-refractivity contribution is 0.389. The molecule has 20 nitrogen and oxygen atoms in total. The van der Waals surface area contributed by atoms with Crippen LogP contribution in [-0.2, 0) is 32.5 Å². The predicted octanol–water partition coefficient (Wildman–Crippen LogP) is 24.2. The zero-order valence-corrected chi connectivity index (χ0v) is 82.7. The fourth-order valence-electron chi connectivity index (χ4n) is 18.6. The minimum absolute atomic E-state index is 0.0647. The number of benzene rings is 6. The molecule has 6 saturated carbocycles. The van der Waals surface area contributed by atoms with E-state index in [1.165, 1.54) is 13.8 Å². The van der Waals surface area contributed by atoms with E-state index in [0.29, 0.717) is 66.8 Å². The maximum Gasteiger partial charge on any atom is 0.133 e. The van der Waals surface area contributed by atoms with Crippen molar-refractivity contribution in [3.05, 3.63) is 173 Å². The van der Waals surface area contributed by atoms with Gasteiger partial charge in [-0.25, -0.2) is 0 Å². The Morgan fingerprint density at radius 3 is 0.333 bits per heavy atom. The molecule has 6 aliphatic carbocycles. The van der Waals surface area contributed by atoms with Gasteiger partial charge in [-0.2, -0.15) is 10.5 Å². The number of rotatable bonds is 0. The number of nitrogens with zero attached hydrogens (tertiary/aromatic N) is 14. The van der Waals surface area contributed by atoms with Crippen molar-refractivity contribution in [1.29, 1.82) is 10.5 Å². The molecular formula is C112H150N14O6. The molecule has 2 heterocycles. The Balaban J connectivity index is 0.000000240. The molecule has 0 amide bonds. The zero-order chi connectivity index (χ0) is 95.6. The van der Waals surface area contributed by atoms with Crippen LogP contribution in [0.25, 0.3) is 0 Å². The first-order valence-corrected chi connectivity index (χ1v) is 48.8. The van der Waals surface area contributed by atoms with Crippen molar-refractivity contribution in [2.75, 3.05) is 0 Å². The number of hydrogen-bond donors (Lipinski definition) is 6. The Labute approximate surface area is 788 Å². The fraction of sp³-hybridized carbons (Fsp3) is 0.554. The Kier molecular flexibility index (Phi) is 34.5. The van der Waals surface area contributed by atoms with E-state index in [9.17, 15) is 30.6 Å². The van der Waals surface area contributed by atoms with Gasteiger partial charge in [-0.1, -0.05) is 202 Å². The Morgan fingerprint density at radius 2 is 0.265 bits per heavy atom. The van der Waals surface area contributed by atoms with Crippen LogP contribution in [0.1, 0.15) is 393 Å². The van der Waals surface area contributed by atoms with E-state index in [0.717, 1.165) is 187 Å². The summed E-state index contributed by atoms with van der Waals surface area (Å²) in [5, 5.41) is 85.5. The first-order valence-electron chi connectivity index (χ1n) is 48.8. The van der Waals surface area contributed by atoms with Gasteiger partial charge in [0.1, 0.15) is 34.5 Å². The van der Waals surface area contributed by atoms with Crippen LogP contribution in [-0.4, -0.2) is 178 Å². The molecule has 2 aliphatic heterocycles. The highest BCUT2D eigenvalue weighted by Gasteiger charge is 2.34. The van der Waals surface area contributed by atoms with Crippen molar-refractivity contribution < 1.29 is 30.6 Å². The zero-order valence-electron chi connectivity index (χ0n) is 82.7. The molecule has 20 heteroatoms. The van der Waals surface area contributed by atoms with E-state index >= 15 is 0 Å². The second kappa shape index (κ2) is 44.8. The molecule has 14 rings (SSSR count). The standard InChI is InChI=1S/2C54H72N6O3.2C2H3N/c2*1-52(2,3)40-22-34-28-55-43-16-10-12-18-45(43)57-30-36-24-41(53(4,5)6)26-38(50(36)62)32-59-47-20-14-15-21-48(47)60-33-39-27-42(54(7,8)9)25-37(51(39)63)31-58-46-19-13-11-17-44(46)56-29-35(23-40)49(34)61;2*1-2-3/h2*22-33,43-48,61-63H,10-21H2,1-9H3;2*1H3/t2*43-,44-,45-,46-,47-,48-;;/m11../s1. The quantitative estimate of drug-likeness (QED) is 0.0847. The van der Waals surface area contributed by atoms with Gasteiger partial charge >= 0.3 is 0 Å². The lowest BCUT2D eigenvalue weighted by Gasteiger charge is -2.26. The smallest absolute Gasteiger partial charge is 0.133 e. The van der Waals surface area contributed by atoms with Gasteiger partial charge in [0, 0.05) is 155 Å². The third-order valence-corrected chi connectivity index (χ3v) is 27.2. The predicted molar refractivity (Wildman–Crippen MR) is 551 cm³/mol. The van der Waals surface area contributed by atoms with Crippen molar-refractivity contribution in [3.63, 3.8) is 0 Å². The van der Waals surface area contributed by atoms with Crippen molar-refractivity contribution in [2.24, 2.45) is 59.9 Å². The van der Waals surface area contributed by atoms with Gasteiger partial charge < -0.3 is 30.6 Å². The van der Waals surface area contributed by atoms with Crippen molar-refractivity contribution in [3.8, 4) is 46.6 Å². The number of aromatic hydroxyl groups is 6. The van der Waals surface area contributed by atoms with E-state index in [1.54, 1.807) is 12.1 Å². The van der Waals surface area contributed by atoms with Gasteiger partial charge in [0.2, 0.25) is 0 Å². The average Bonchev–Trinajstić information content (AvgIpc) is 0.868. The summed E-state index contributed by atoms with van der Waals surface area (Å²) in [6.07, 6.45) is 45.5. The van der Waals surface area contributed by atoms with Gasteiger partial charge in [0.25, 0.3) is 0 Å². The Hall–Kier alpha value is -10.9. The summed E-state index contributed by atoms with van der Waals surface area (Å²) < 4.78 is 0. The molecule has 12 atom stereocenters. The minimum Gasteiger partial charge on any atom is -0.507 e. The number of hydrogen-bond acceptors (Lipinski definition) is 20. The second-order valence-electron chi connectivity index (χ2n) is 43.8. The number of fused-ring (bicyclic) bond motifs is 18. The maximum atomic E-state index is 11.8. The molecule has 8 aliphatic rings. The highest BCUT2D eigenvalue weighted by Crippen LogP contribution is 2.41. The van der Waals surface area contributed by atoms with Gasteiger partial charge in [-0.3, -0.25) is 59.9 Å². The topological polar surface area (TPSA) is 317 Å². The molecule has 12 bridgehead atoms. The van der Waals surface area contributed by atoms with Crippen molar-refractivity contribution in [1.82, 2.24) is 0 Å². The molecule has 6 aromatic rings. The van der Waals surface area contributed by atoms with E-state index in [4.69, 9.17) is 70.4 Å². The maximum absolute atomic E-state index is 11.8. The third-order valence-electron chi connectivity index (χ3n) is 27.2. The van der Waals surface area contributed by atoms with Gasteiger partial charge in [-0.05, 0) is 216 Å². The Bertz CT molecular complexity index is 4360. The first-order chi connectivity index (χ1) is 62.5. The van der Waals surface area contributed by atoms with Crippen molar-refractivity contribution >= 4 is 74.6 Å². The fourth-order valence-corrected chi connectivity index (χ4v) is 18.6. The molecule has 0 unspecified atom stereocenters. The first kappa shape index (κ1) is 102. The molecule has 0 spiro atoms. The van der Waals surface area contributed by atoms with E-state index in [-0.39, 0.29) is 139 Å². The van der Waals surface area contributed by atoms with Crippen LogP contribution in [0.2, 0.25) is 0 Å². The van der Waals surface area contributed by atoms with Crippen LogP contribution in [0.15, 0.2) is 133 Å². The van der Waals surface area contributed by atoms with Crippen LogP contribution < -0.4 is 0 Å². The van der Waals surface area contributed by atoms with Gasteiger partial charge in [-0.15, -0.1) is 0 Å². The Morgan fingerprint density at radius 1 is 0.189 bits per heavy atom. The largest absolute Gasteiger partial charge is 0.507 e. The van der Waals surface area contributed by atoms with Crippen molar-refractivity contribution in [2.45, 2.75) is 398 Å². The van der Waals surface area contributed by atoms with Gasteiger partial charge in [0.05, 0.1) is 84.6 Å². The highest BCUT2D eigenvalue weighted by molar-refractivity contribution is 5.98. The minimum atomic E-state index is -0.175. The van der Waals surface area contributed by atoms with Crippen LogP contribution in [0.4, 0.5) is 0 Å². The van der Waals surface area contributed by atoms with E-state index < -0.39 is 0 Å². The number of nitriles is 2. The molecule has 0 saturated heterocycles. The molecule has 6 aromatic carbocycles. The van der Waals surface area contributed by atoms with Crippen LogP contribution in [0.5, 0.6) is 34.5 Å². The number of phenolic OH excluding ortho intramolecular Hbond substituents is 6. The summed E-state index contributed by atoms with van der Waals surface area (Å²) in [6, 6.07) is 27.3. The van der Waals surface area contributed by atoms with Crippen LogP contribution >= 0.6 is 0 Å². The summed E-state index contributed by atoms with van der Waals surface area (Å²) >= 11 is 0. The monoisotopic (exact) mass is 1790 g/mol. The molecule has 132 heavy (non-hydrogen) atoms. The summed E-state index contributed by atoms with van der Waals surface area (Å²) in [7, 11) is 0. The van der Waals surface area contributed by atoms with Gasteiger partial charge in [0.15, 0.2) is 0 Å².